The van der Waals surface area contributed by atoms with E-state index >= 15 is 0 Å². The summed E-state index contributed by atoms with van der Waals surface area (Å²) in [5.74, 6) is -1.18. The van der Waals surface area contributed by atoms with E-state index in [1.807, 2.05) is 6.92 Å². The number of rotatable bonds is 4. The van der Waals surface area contributed by atoms with Crippen molar-refractivity contribution in [3.63, 3.8) is 0 Å². The molecule has 1 aliphatic carbocycles. The van der Waals surface area contributed by atoms with Crippen LogP contribution in [0, 0.1) is 11.8 Å². The third kappa shape index (κ3) is 3.90. The maximum absolute atomic E-state index is 13.2. The number of halogens is 3. The Morgan fingerprint density at radius 1 is 1.29 bits per heavy atom. The minimum atomic E-state index is -4.17. The molecular formula is C16H22F3NO. The van der Waals surface area contributed by atoms with Crippen LogP contribution in [0.5, 0.6) is 5.75 Å². The fourth-order valence-corrected chi connectivity index (χ4v) is 3.22. The number of hydrogen-bond donors (Lipinski definition) is 1. The van der Waals surface area contributed by atoms with Gasteiger partial charge in [0.2, 0.25) is 0 Å². The highest BCUT2D eigenvalue weighted by molar-refractivity contribution is 5.31. The molecule has 1 aromatic rings. The normalized spacial score (nSPS) is 24.6. The fourth-order valence-electron chi connectivity index (χ4n) is 3.22. The predicted molar refractivity (Wildman–Crippen MR) is 76.0 cm³/mol. The van der Waals surface area contributed by atoms with E-state index in [4.69, 9.17) is 10.5 Å². The molecule has 2 N–H and O–H groups in total. The van der Waals surface area contributed by atoms with Gasteiger partial charge in [0.15, 0.2) is 0 Å². The summed E-state index contributed by atoms with van der Waals surface area (Å²) >= 11 is 0. The van der Waals surface area contributed by atoms with E-state index in [0.717, 1.165) is 12.0 Å². The smallest absolute Gasteiger partial charge is 0.392 e. The largest absolute Gasteiger partial charge is 0.494 e. The molecule has 0 amide bonds. The second-order valence-electron chi connectivity index (χ2n) is 5.63. The molecule has 3 atom stereocenters. The van der Waals surface area contributed by atoms with Crippen molar-refractivity contribution in [1.82, 2.24) is 0 Å². The van der Waals surface area contributed by atoms with Crippen LogP contribution in [0.4, 0.5) is 13.2 Å². The van der Waals surface area contributed by atoms with Crippen LogP contribution in [0.25, 0.3) is 0 Å². The first-order valence-corrected chi connectivity index (χ1v) is 7.48. The van der Waals surface area contributed by atoms with Crippen molar-refractivity contribution in [3.8, 4) is 5.75 Å². The van der Waals surface area contributed by atoms with Crippen LogP contribution in [0.1, 0.15) is 44.2 Å². The number of nitrogens with two attached hydrogens (primary N) is 1. The Morgan fingerprint density at radius 3 is 2.67 bits per heavy atom. The van der Waals surface area contributed by atoms with Gasteiger partial charge in [-0.15, -0.1) is 0 Å². The van der Waals surface area contributed by atoms with Gasteiger partial charge in [0, 0.05) is 6.04 Å². The molecule has 0 bridgehead atoms. The van der Waals surface area contributed by atoms with Crippen LogP contribution in [-0.2, 0) is 0 Å². The molecule has 1 saturated carbocycles. The molecule has 1 fully saturated rings. The van der Waals surface area contributed by atoms with Crippen molar-refractivity contribution in [1.29, 1.82) is 0 Å². The Balaban J connectivity index is 2.20. The Hall–Kier alpha value is -1.23. The summed E-state index contributed by atoms with van der Waals surface area (Å²) in [4.78, 5) is 0. The minimum absolute atomic E-state index is 0.188. The summed E-state index contributed by atoms with van der Waals surface area (Å²) in [6.45, 7) is 2.39. The van der Waals surface area contributed by atoms with Crippen LogP contribution < -0.4 is 10.5 Å². The van der Waals surface area contributed by atoms with Gasteiger partial charge >= 0.3 is 6.18 Å². The SMILES string of the molecule is CCOc1cccc(C(N)C2CCCCC2C(F)(F)F)c1. The Labute approximate surface area is 123 Å². The highest BCUT2D eigenvalue weighted by Crippen LogP contribution is 2.45. The molecule has 118 valence electrons. The summed E-state index contributed by atoms with van der Waals surface area (Å²) in [6.07, 6.45) is -2.00. The van der Waals surface area contributed by atoms with E-state index in [1.165, 1.54) is 0 Å². The Morgan fingerprint density at radius 2 is 2.00 bits per heavy atom. The molecular weight excluding hydrogens is 279 g/mol. The summed E-state index contributed by atoms with van der Waals surface area (Å²) in [7, 11) is 0. The molecule has 21 heavy (non-hydrogen) atoms. The Kier molecular flexibility index (Phi) is 5.14. The van der Waals surface area contributed by atoms with Gasteiger partial charge in [-0.1, -0.05) is 25.0 Å². The average Bonchev–Trinajstić information content (AvgIpc) is 2.46. The average molecular weight is 301 g/mol. The third-order valence-electron chi connectivity index (χ3n) is 4.26. The van der Waals surface area contributed by atoms with Crippen molar-refractivity contribution in [2.24, 2.45) is 17.6 Å². The van der Waals surface area contributed by atoms with Crippen molar-refractivity contribution >= 4 is 0 Å². The highest BCUT2D eigenvalue weighted by atomic mass is 19.4. The van der Waals surface area contributed by atoms with Crippen LogP contribution in [-0.4, -0.2) is 12.8 Å². The van der Waals surface area contributed by atoms with Crippen molar-refractivity contribution in [2.45, 2.75) is 44.8 Å². The van der Waals surface area contributed by atoms with Gasteiger partial charge in [-0.25, -0.2) is 0 Å². The molecule has 0 aromatic heterocycles. The van der Waals surface area contributed by atoms with Gasteiger partial charge in [-0.2, -0.15) is 13.2 Å². The molecule has 0 heterocycles. The quantitative estimate of drug-likeness (QED) is 0.891. The first kappa shape index (κ1) is 16.1. The summed E-state index contributed by atoms with van der Waals surface area (Å²) in [5.41, 5.74) is 6.89. The molecule has 1 aromatic carbocycles. The van der Waals surface area contributed by atoms with E-state index in [-0.39, 0.29) is 6.42 Å². The summed E-state index contributed by atoms with van der Waals surface area (Å²) in [5, 5.41) is 0. The van der Waals surface area contributed by atoms with E-state index in [1.54, 1.807) is 24.3 Å². The number of ether oxygens (including phenoxy) is 1. The molecule has 1 aliphatic rings. The van der Waals surface area contributed by atoms with Gasteiger partial charge in [-0.3, -0.25) is 0 Å². The van der Waals surface area contributed by atoms with Crippen LogP contribution in [0.2, 0.25) is 0 Å². The van der Waals surface area contributed by atoms with Gasteiger partial charge in [0.1, 0.15) is 5.75 Å². The molecule has 0 aliphatic heterocycles. The maximum atomic E-state index is 13.2. The zero-order valence-corrected chi connectivity index (χ0v) is 12.2. The molecule has 3 unspecified atom stereocenters. The first-order chi connectivity index (χ1) is 9.93. The van der Waals surface area contributed by atoms with Gasteiger partial charge in [0.05, 0.1) is 12.5 Å². The van der Waals surface area contributed by atoms with Gasteiger partial charge in [-0.05, 0) is 43.4 Å². The first-order valence-electron chi connectivity index (χ1n) is 7.48. The maximum Gasteiger partial charge on any atom is 0.392 e. The van der Waals surface area contributed by atoms with Gasteiger partial charge in [0.25, 0.3) is 0 Å². The van der Waals surface area contributed by atoms with Crippen molar-refractivity contribution in [2.75, 3.05) is 6.61 Å². The van der Waals surface area contributed by atoms with Crippen LogP contribution in [0.3, 0.4) is 0 Å². The van der Waals surface area contributed by atoms with E-state index in [2.05, 4.69) is 0 Å². The monoisotopic (exact) mass is 301 g/mol. The summed E-state index contributed by atoms with van der Waals surface area (Å²) < 4.78 is 45.0. The molecule has 0 radical (unpaired) electrons. The van der Waals surface area contributed by atoms with E-state index in [9.17, 15) is 13.2 Å². The molecule has 0 spiro atoms. The van der Waals surface area contributed by atoms with Crippen molar-refractivity contribution in [3.05, 3.63) is 29.8 Å². The van der Waals surface area contributed by atoms with Gasteiger partial charge < -0.3 is 10.5 Å². The summed E-state index contributed by atoms with van der Waals surface area (Å²) in [6, 6.07) is 6.52. The van der Waals surface area contributed by atoms with E-state index in [0.29, 0.717) is 25.2 Å². The van der Waals surface area contributed by atoms with E-state index < -0.39 is 24.1 Å². The third-order valence-corrected chi connectivity index (χ3v) is 4.26. The molecule has 0 saturated heterocycles. The Bertz CT molecular complexity index is 461. The number of hydrogen-bond acceptors (Lipinski definition) is 2. The zero-order valence-electron chi connectivity index (χ0n) is 12.2. The standard InChI is InChI=1S/C16H22F3NO/c1-2-21-12-7-5-6-11(10-12)15(20)13-8-3-4-9-14(13)16(17,18)19/h5-7,10,13-15H,2-4,8-9,20H2,1H3. The highest BCUT2D eigenvalue weighted by Gasteiger charge is 2.47. The lowest BCUT2D eigenvalue weighted by atomic mass is 9.73. The van der Waals surface area contributed by atoms with Crippen molar-refractivity contribution < 1.29 is 17.9 Å². The predicted octanol–water partition coefficient (Wildman–Crippen LogP) is 4.45. The number of benzene rings is 1. The minimum Gasteiger partial charge on any atom is -0.494 e. The zero-order chi connectivity index (χ0) is 15.5. The lowest BCUT2D eigenvalue weighted by Crippen LogP contribution is -2.38. The van der Waals surface area contributed by atoms with Crippen LogP contribution >= 0.6 is 0 Å². The lowest BCUT2D eigenvalue weighted by Gasteiger charge is -2.36. The lowest BCUT2D eigenvalue weighted by molar-refractivity contribution is -0.198. The second-order valence-corrected chi connectivity index (χ2v) is 5.63. The van der Waals surface area contributed by atoms with Crippen LogP contribution in [0.15, 0.2) is 24.3 Å². The topological polar surface area (TPSA) is 35.2 Å². The number of alkyl halides is 3. The molecule has 2 rings (SSSR count). The molecule has 5 heteroatoms. The molecule has 2 nitrogen and oxygen atoms in total. The fraction of sp³-hybridized carbons (Fsp3) is 0.625. The second kappa shape index (κ2) is 6.69.